The number of anilines is 1. The van der Waals surface area contributed by atoms with E-state index in [1.54, 1.807) is 25.5 Å². The van der Waals surface area contributed by atoms with Gasteiger partial charge in [0.05, 0.1) is 5.69 Å². The van der Waals surface area contributed by atoms with Crippen molar-refractivity contribution in [3.05, 3.63) is 16.3 Å². The van der Waals surface area contributed by atoms with Crippen LogP contribution in [0.3, 0.4) is 0 Å². The van der Waals surface area contributed by atoms with Gasteiger partial charge in [0, 0.05) is 20.6 Å². The van der Waals surface area contributed by atoms with Gasteiger partial charge in [0.2, 0.25) is 5.91 Å². The van der Waals surface area contributed by atoms with Gasteiger partial charge in [-0.2, -0.15) is 0 Å². The normalized spacial score (nSPS) is 10.1. The molecule has 94 valence electrons. The van der Waals surface area contributed by atoms with Crippen LogP contribution in [0.1, 0.15) is 16.6 Å². The third-order valence-electron chi connectivity index (χ3n) is 2.38. The second-order valence-electron chi connectivity index (χ2n) is 3.81. The molecule has 0 radical (unpaired) electrons. The molecule has 0 atom stereocenters. The van der Waals surface area contributed by atoms with Gasteiger partial charge in [-0.05, 0) is 18.4 Å². The molecule has 0 spiro atoms. The lowest BCUT2D eigenvalue weighted by atomic mass is 10.3. The van der Waals surface area contributed by atoms with E-state index in [9.17, 15) is 9.59 Å². The average Bonchev–Trinajstić information content (AvgIpc) is 2.70. The molecule has 0 aliphatic rings. The van der Waals surface area contributed by atoms with Gasteiger partial charge >= 0.3 is 0 Å². The summed E-state index contributed by atoms with van der Waals surface area (Å²) < 4.78 is 0. The Bertz CT molecular complexity index is 415. The van der Waals surface area contributed by atoms with Crippen LogP contribution in [-0.4, -0.2) is 48.8 Å². The summed E-state index contributed by atoms with van der Waals surface area (Å²) in [6, 6.07) is 1.69. The maximum absolute atomic E-state index is 12.1. The minimum Gasteiger partial charge on any atom is -0.397 e. The fraction of sp³-hybridized carbons (Fsp3) is 0.455. The van der Waals surface area contributed by atoms with Crippen molar-refractivity contribution in [3.8, 4) is 0 Å². The van der Waals surface area contributed by atoms with Crippen LogP contribution in [0.2, 0.25) is 0 Å². The maximum Gasteiger partial charge on any atom is 0.266 e. The van der Waals surface area contributed by atoms with Gasteiger partial charge in [0.25, 0.3) is 5.91 Å². The highest BCUT2D eigenvalue weighted by Crippen LogP contribution is 2.20. The summed E-state index contributed by atoms with van der Waals surface area (Å²) in [5.74, 6) is -0.287. The summed E-state index contributed by atoms with van der Waals surface area (Å²) in [5, 5.41) is 1.77. The van der Waals surface area contributed by atoms with Crippen molar-refractivity contribution < 1.29 is 9.59 Å². The smallest absolute Gasteiger partial charge is 0.266 e. The van der Waals surface area contributed by atoms with Gasteiger partial charge in [-0.25, -0.2) is 0 Å². The molecular weight excluding hydrogens is 238 g/mol. The van der Waals surface area contributed by atoms with Crippen LogP contribution < -0.4 is 5.73 Å². The van der Waals surface area contributed by atoms with Crippen LogP contribution in [0.15, 0.2) is 11.4 Å². The molecule has 0 unspecified atom stereocenters. The lowest BCUT2D eigenvalue weighted by Gasteiger charge is -2.21. The molecule has 0 aliphatic carbocycles. The molecule has 2 N–H and O–H groups in total. The lowest BCUT2D eigenvalue weighted by Crippen LogP contribution is -2.40. The standard InChI is InChI=1S/C11H17N3O2S/c1-4-14(7-9(15)13(2)3)11(16)10-8(12)5-6-17-10/h5-6H,4,7,12H2,1-3H3. The quantitative estimate of drug-likeness (QED) is 0.868. The van der Waals surface area contributed by atoms with Crippen molar-refractivity contribution >= 4 is 28.8 Å². The first-order valence-corrected chi connectivity index (χ1v) is 6.17. The zero-order chi connectivity index (χ0) is 13.0. The number of hydrogen-bond donors (Lipinski definition) is 1. The van der Waals surface area contributed by atoms with Crippen LogP contribution in [0.4, 0.5) is 5.69 Å². The van der Waals surface area contributed by atoms with Gasteiger partial charge in [-0.3, -0.25) is 9.59 Å². The highest BCUT2D eigenvalue weighted by Gasteiger charge is 2.20. The van der Waals surface area contributed by atoms with Crippen molar-refractivity contribution in [1.82, 2.24) is 9.80 Å². The predicted octanol–water partition coefficient (Wildman–Crippen LogP) is 0.881. The van der Waals surface area contributed by atoms with Crippen LogP contribution in [-0.2, 0) is 4.79 Å². The molecule has 17 heavy (non-hydrogen) atoms. The van der Waals surface area contributed by atoms with E-state index >= 15 is 0 Å². The third kappa shape index (κ3) is 3.20. The zero-order valence-corrected chi connectivity index (χ0v) is 11.1. The highest BCUT2D eigenvalue weighted by atomic mass is 32.1. The summed E-state index contributed by atoms with van der Waals surface area (Å²) in [6.45, 7) is 2.40. The number of thiophene rings is 1. The Balaban J connectivity index is 2.78. The molecule has 1 aromatic heterocycles. The first kappa shape index (κ1) is 13.5. The van der Waals surface area contributed by atoms with Crippen molar-refractivity contribution in [1.29, 1.82) is 0 Å². The molecule has 5 nitrogen and oxygen atoms in total. The average molecular weight is 255 g/mol. The van der Waals surface area contributed by atoms with Crippen molar-refractivity contribution in [2.75, 3.05) is 32.9 Å². The first-order chi connectivity index (χ1) is 7.97. The second kappa shape index (κ2) is 5.67. The van der Waals surface area contributed by atoms with E-state index < -0.39 is 0 Å². The van der Waals surface area contributed by atoms with Gasteiger partial charge in [0.1, 0.15) is 11.4 Å². The number of likely N-dealkylation sites (N-methyl/N-ethyl adjacent to an activating group) is 2. The minimum atomic E-state index is -0.185. The fourth-order valence-corrected chi connectivity index (χ4v) is 2.05. The summed E-state index contributed by atoms with van der Waals surface area (Å²) in [6.07, 6.45) is 0. The first-order valence-electron chi connectivity index (χ1n) is 5.29. The molecule has 0 aliphatic heterocycles. The van der Waals surface area contributed by atoms with Crippen molar-refractivity contribution in [2.45, 2.75) is 6.92 Å². The van der Waals surface area contributed by atoms with E-state index in [4.69, 9.17) is 5.73 Å². The lowest BCUT2D eigenvalue weighted by molar-refractivity contribution is -0.129. The number of rotatable bonds is 4. The molecule has 6 heteroatoms. The number of nitrogens with zero attached hydrogens (tertiary/aromatic N) is 2. The number of carbonyl (C=O) groups is 2. The SMILES string of the molecule is CCN(CC(=O)N(C)C)C(=O)c1sccc1N. The summed E-state index contributed by atoms with van der Waals surface area (Å²) in [4.78, 5) is 27.1. The molecule has 0 saturated heterocycles. The monoisotopic (exact) mass is 255 g/mol. The molecule has 2 amide bonds. The number of nitrogens with two attached hydrogens (primary N) is 1. The maximum atomic E-state index is 12.1. The highest BCUT2D eigenvalue weighted by molar-refractivity contribution is 7.12. The Morgan fingerprint density at radius 2 is 2.06 bits per heavy atom. The third-order valence-corrected chi connectivity index (χ3v) is 3.30. The van der Waals surface area contributed by atoms with Crippen LogP contribution in [0.5, 0.6) is 0 Å². The largest absolute Gasteiger partial charge is 0.397 e. The molecule has 0 saturated carbocycles. The predicted molar refractivity (Wildman–Crippen MR) is 69.0 cm³/mol. The van der Waals surface area contributed by atoms with E-state index in [2.05, 4.69) is 0 Å². The second-order valence-corrected chi connectivity index (χ2v) is 4.73. The van der Waals surface area contributed by atoms with E-state index in [1.165, 1.54) is 21.1 Å². The van der Waals surface area contributed by atoms with E-state index in [0.717, 1.165) is 0 Å². The molecule has 0 bridgehead atoms. The molecule has 1 heterocycles. The van der Waals surface area contributed by atoms with E-state index in [-0.39, 0.29) is 18.4 Å². The van der Waals surface area contributed by atoms with E-state index in [0.29, 0.717) is 17.1 Å². The Morgan fingerprint density at radius 1 is 1.41 bits per heavy atom. The summed E-state index contributed by atoms with van der Waals surface area (Å²) >= 11 is 1.30. The van der Waals surface area contributed by atoms with Gasteiger partial charge in [-0.1, -0.05) is 0 Å². The molecule has 0 aromatic carbocycles. The number of amides is 2. The number of carbonyl (C=O) groups excluding carboxylic acids is 2. The summed E-state index contributed by atoms with van der Waals surface area (Å²) in [5.41, 5.74) is 6.16. The van der Waals surface area contributed by atoms with Gasteiger partial charge < -0.3 is 15.5 Å². The summed E-state index contributed by atoms with van der Waals surface area (Å²) in [7, 11) is 3.33. The van der Waals surface area contributed by atoms with E-state index in [1.807, 2.05) is 6.92 Å². The van der Waals surface area contributed by atoms with Gasteiger partial charge in [0.15, 0.2) is 0 Å². The molecular formula is C11H17N3O2S. The minimum absolute atomic E-state index is 0.0830. The van der Waals surface area contributed by atoms with Gasteiger partial charge in [-0.15, -0.1) is 11.3 Å². The molecule has 1 rings (SSSR count). The Kier molecular flexibility index (Phi) is 4.51. The number of hydrogen-bond acceptors (Lipinski definition) is 4. The van der Waals surface area contributed by atoms with Crippen LogP contribution in [0, 0.1) is 0 Å². The van der Waals surface area contributed by atoms with Crippen molar-refractivity contribution in [3.63, 3.8) is 0 Å². The zero-order valence-electron chi connectivity index (χ0n) is 10.3. The van der Waals surface area contributed by atoms with Crippen LogP contribution >= 0.6 is 11.3 Å². The molecule has 1 aromatic rings. The fourth-order valence-electron chi connectivity index (χ4n) is 1.27. The van der Waals surface area contributed by atoms with Crippen molar-refractivity contribution in [2.24, 2.45) is 0 Å². The number of nitrogen functional groups attached to an aromatic ring is 1. The Morgan fingerprint density at radius 3 is 2.47 bits per heavy atom. The Hall–Kier alpha value is -1.56. The Labute approximate surface area is 105 Å². The topological polar surface area (TPSA) is 66.6 Å². The molecule has 0 fully saturated rings. The van der Waals surface area contributed by atoms with Crippen LogP contribution in [0.25, 0.3) is 0 Å².